The Kier molecular flexibility index (Phi) is 3.30. The van der Waals surface area contributed by atoms with E-state index in [1.807, 2.05) is 0 Å². The van der Waals surface area contributed by atoms with E-state index in [2.05, 4.69) is 33.8 Å². The molecule has 0 aliphatic heterocycles. The number of nitrogens with two attached hydrogens (primary N) is 1. The van der Waals surface area contributed by atoms with Crippen molar-refractivity contribution >= 4 is 0 Å². The van der Waals surface area contributed by atoms with Gasteiger partial charge in [0, 0.05) is 5.70 Å². The molecular formula is C19H31N. The average Bonchev–Trinajstić information content (AvgIpc) is 2.39. The molecule has 0 bridgehead atoms. The molecule has 0 spiro atoms. The summed E-state index contributed by atoms with van der Waals surface area (Å²) in [5, 5.41) is 0. The van der Waals surface area contributed by atoms with Crippen LogP contribution in [-0.2, 0) is 0 Å². The van der Waals surface area contributed by atoms with Crippen LogP contribution >= 0.6 is 0 Å². The molecule has 3 aliphatic rings. The highest BCUT2D eigenvalue weighted by Gasteiger charge is 2.53. The van der Waals surface area contributed by atoms with Crippen molar-refractivity contribution in [3.8, 4) is 0 Å². The van der Waals surface area contributed by atoms with Crippen molar-refractivity contribution in [1.82, 2.24) is 0 Å². The number of hydrogen-bond acceptors (Lipinski definition) is 1. The van der Waals surface area contributed by atoms with Crippen molar-refractivity contribution < 1.29 is 0 Å². The predicted octanol–water partition coefficient (Wildman–Crippen LogP) is 5.18. The van der Waals surface area contributed by atoms with Crippen molar-refractivity contribution in [2.75, 3.05) is 0 Å². The summed E-state index contributed by atoms with van der Waals surface area (Å²) < 4.78 is 0. The molecule has 112 valence electrons. The molecule has 3 atom stereocenters. The summed E-state index contributed by atoms with van der Waals surface area (Å²) in [6, 6.07) is 0. The zero-order valence-corrected chi connectivity index (χ0v) is 13.8. The fourth-order valence-electron chi connectivity index (χ4n) is 5.51. The Morgan fingerprint density at radius 1 is 1.15 bits per heavy atom. The van der Waals surface area contributed by atoms with E-state index >= 15 is 0 Å². The van der Waals surface area contributed by atoms with Crippen molar-refractivity contribution in [1.29, 1.82) is 0 Å². The number of rotatable bonds is 1. The molecule has 0 aromatic carbocycles. The summed E-state index contributed by atoms with van der Waals surface area (Å²) in [5.41, 5.74) is 11.6. The van der Waals surface area contributed by atoms with Gasteiger partial charge in [0.2, 0.25) is 0 Å². The largest absolute Gasteiger partial charge is 0.402 e. The lowest BCUT2D eigenvalue weighted by Gasteiger charge is -2.58. The Hall–Kier alpha value is -0.720. The molecule has 0 aromatic heterocycles. The summed E-state index contributed by atoms with van der Waals surface area (Å²) >= 11 is 0. The minimum Gasteiger partial charge on any atom is -0.402 e. The van der Waals surface area contributed by atoms with E-state index < -0.39 is 0 Å². The summed E-state index contributed by atoms with van der Waals surface area (Å²) in [6.45, 7) is 9.96. The molecule has 3 aliphatic carbocycles. The molecule has 1 nitrogen and oxygen atoms in total. The normalized spacial score (nSPS) is 41.2. The van der Waals surface area contributed by atoms with Crippen LogP contribution in [-0.4, -0.2) is 0 Å². The maximum absolute atomic E-state index is 6.18. The fourth-order valence-corrected chi connectivity index (χ4v) is 5.51. The standard InChI is InChI=1S/C19H31N/c1-13(2)18(3)10-5-11-19(4)16-12-15(20)8-6-14(16)7-9-17(18)19/h12-13,17H,5-11,20H2,1-4H3/t17?,18-,19?/m1/s1. The first-order chi connectivity index (χ1) is 9.38. The van der Waals surface area contributed by atoms with Crippen LogP contribution in [0.3, 0.4) is 0 Å². The molecule has 0 saturated heterocycles. The molecule has 3 rings (SSSR count). The van der Waals surface area contributed by atoms with Crippen LogP contribution in [0.25, 0.3) is 0 Å². The average molecular weight is 273 g/mol. The minimum absolute atomic E-state index is 0.385. The Bertz CT molecular complexity index is 470. The minimum atomic E-state index is 0.385. The highest BCUT2D eigenvalue weighted by Crippen LogP contribution is 2.62. The maximum Gasteiger partial charge on any atom is 0.00866 e. The van der Waals surface area contributed by atoms with Crippen LogP contribution < -0.4 is 5.73 Å². The molecule has 20 heavy (non-hydrogen) atoms. The second-order valence-corrected chi connectivity index (χ2v) is 8.26. The van der Waals surface area contributed by atoms with Gasteiger partial charge in [0.15, 0.2) is 0 Å². The van der Waals surface area contributed by atoms with Gasteiger partial charge in [0.1, 0.15) is 0 Å². The Morgan fingerprint density at radius 3 is 2.60 bits per heavy atom. The summed E-state index contributed by atoms with van der Waals surface area (Å²) in [5.74, 6) is 1.61. The van der Waals surface area contributed by atoms with E-state index in [0.717, 1.165) is 24.0 Å². The van der Waals surface area contributed by atoms with E-state index in [9.17, 15) is 0 Å². The van der Waals surface area contributed by atoms with E-state index in [-0.39, 0.29) is 0 Å². The Balaban J connectivity index is 2.05. The lowest BCUT2D eigenvalue weighted by atomic mass is 9.47. The van der Waals surface area contributed by atoms with Crippen LogP contribution in [0, 0.1) is 22.7 Å². The monoisotopic (exact) mass is 273 g/mol. The maximum atomic E-state index is 6.18. The highest BCUT2D eigenvalue weighted by molar-refractivity contribution is 5.41. The zero-order valence-electron chi connectivity index (χ0n) is 13.8. The molecule has 1 saturated carbocycles. The quantitative estimate of drug-likeness (QED) is 0.699. The SMILES string of the molecule is CC(C)[C@@]1(C)CCCC2(C)C3=C(CCC(N)=C3)CCC21. The molecule has 0 amide bonds. The van der Waals surface area contributed by atoms with Crippen molar-refractivity contribution in [3.63, 3.8) is 0 Å². The first-order valence-corrected chi connectivity index (χ1v) is 8.56. The highest BCUT2D eigenvalue weighted by atomic mass is 14.6. The third kappa shape index (κ3) is 1.89. The van der Waals surface area contributed by atoms with E-state index in [0.29, 0.717) is 10.8 Å². The van der Waals surface area contributed by atoms with E-state index in [4.69, 9.17) is 5.73 Å². The van der Waals surface area contributed by atoms with Crippen LogP contribution in [0.1, 0.15) is 72.6 Å². The van der Waals surface area contributed by atoms with Crippen LogP contribution in [0.5, 0.6) is 0 Å². The number of hydrogen-bond donors (Lipinski definition) is 1. The molecule has 0 radical (unpaired) electrons. The van der Waals surface area contributed by atoms with Gasteiger partial charge in [-0.15, -0.1) is 0 Å². The Morgan fingerprint density at radius 2 is 1.90 bits per heavy atom. The van der Waals surface area contributed by atoms with E-state index in [1.54, 1.807) is 11.1 Å². The lowest BCUT2D eigenvalue weighted by Crippen LogP contribution is -2.49. The zero-order chi connectivity index (χ0) is 14.5. The van der Waals surface area contributed by atoms with Gasteiger partial charge in [-0.05, 0) is 72.8 Å². The molecule has 0 heterocycles. The van der Waals surface area contributed by atoms with Gasteiger partial charge >= 0.3 is 0 Å². The van der Waals surface area contributed by atoms with Gasteiger partial charge in [-0.1, -0.05) is 39.7 Å². The van der Waals surface area contributed by atoms with Crippen LogP contribution in [0.2, 0.25) is 0 Å². The van der Waals surface area contributed by atoms with Crippen molar-refractivity contribution in [3.05, 3.63) is 22.9 Å². The van der Waals surface area contributed by atoms with Gasteiger partial charge in [-0.2, -0.15) is 0 Å². The van der Waals surface area contributed by atoms with Gasteiger partial charge in [-0.25, -0.2) is 0 Å². The molecule has 2 unspecified atom stereocenters. The first kappa shape index (κ1) is 14.2. The third-order valence-corrected chi connectivity index (χ3v) is 7.07. The first-order valence-electron chi connectivity index (χ1n) is 8.56. The third-order valence-electron chi connectivity index (χ3n) is 7.07. The smallest absolute Gasteiger partial charge is 0.00866 e. The molecule has 2 N–H and O–H groups in total. The summed E-state index contributed by atoms with van der Waals surface area (Å²) in [4.78, 5) is 0. The van der Waals surface area contributed by atoms with Crippen LogP contribution in [0.15, 0.2) is 22.9 Å². The topological polar surface area (TPSA) is 26.0 Å². The second kappa shape index (κ2) is 4.64. The van der Waals surface area contributed by atoms with E-state index in [1.165, 1.54) is 38.5 Å². The van der Waals surface area contributed by atoms with Gasteiger partial charge in [0.25, 0.3) is 0 Å². The predicted molar refractivity (Wildman–Crippen MR) is 86.2 cm³/mol. The fraction of sp³-hybridized carbons (Fsp3) is 0.789. The van der Waals surface area contributed by atoms with Crippen LogP contribution in [0.4, 0.5) is 0 Å². The van der Waals surface area contributed by atoms with Gasteiger partial charge in [-0.3, -0.25) is 0 Å². The van der Waals surface area contributed by atoms with Crippen molar-refractivity contribution in [2.45, 2.75) is 72.6 Å². The number of allylic oxidation sites excluding steroid dienone is 4. The van der Waals surface area contributed by atoms with Crippen molar-refractivity contribution in [2.24, 2.45) is 28.4 Å². The molecule has 1 fully saturated rings. The number of fused-ring (bicyclic) bond motifs is 2. The Labute approximate surface area is 124 Å². The summed E-state index contributed by atoms with van der Waals surface area (Å²) in [6.07, 6.45) is 11.5. The molecule has 1 heteroatoms. The lowest BCUT2D eigenvalue weighted by molar-refractivity contribution is -0.0315. The van der Waals surface area contributed by atoms with Gasteiger partial charge < -0.3 is 5.73 Å². The molecular weight excluding hydrogens is 242 g/mol. The second-order valence-electron chi connectivity index (χ2n) is 8.26. The summed E-state index contributed by atoms with van der Waals surface area (Å²) in [7, 11) is 0. The molecule has 0 aromatic rings. The van der Waals surface area contributed by atoms with Gasteiger partial charge in [0.05, 0.1) is 0 Å².